The fourth-order valence-electron chi connectivity index (χ4n) is 7.10. The van der Waals surface area contributed by atoms with Crippen LogP contribution in [0.1, 0.15) is 114 Å². The molecule has 6 rings (SSSR count). The number of H-pyrrole nitrogens is 2. The van der Waals surface area contributed by atoms with E-state index in [1.807, 2.05) is 6.92 Å². The molecule has 0 spiro atoms. The standard InChI is InChI=1S/C34H38N4O3/c1-7-20-17(4)24-14-28-21(8-2)18(5)33(38-28)22(10-9-11-30(40)41)32-16(3)12-26(37-32)23-13-29(39)31-19(6)25(36-34(23)31)15-27(20)35-24/h14-16,36,38H,7-13H2,1-6H3,(H,40,41)/t16-/m0/s1. The summed E-state index contributed by atoms with van der Waals surface area (Å²) in [5.41, 5.74) is 16.3. The highest BCUT2D eigenvalue weighted by molar-refractivity contribution is 6.13. The molecular weight excluding hydrogens is 512 g/mol. The monoisotopic (exact) mass is 550 g/mol. The number of hydrogen-bond donors (Lipinski definition) is 3. The summed E-state index contributed by atoms with van der Waals surface area (Å²) in [6.07, 6.45) is 4.09. The van der Waals surface area contributed by atoms with Crippen LogP contribution in [-0.2, 0) is 30.5 Å². The Bertz CT molecular complexity index is 1840. The van der Waals surface area contributed by atoms with Crippen LogP contribution in [0.15, 0.2) is 12.1 Å². The first-order valence-corrected chi connectivity index (χ1v) is 14.8. The molecule has 0 unspecified atom stereocenters. The number of rotatable bonds is 6. The van der Waals surface area contributed by atoms with Crippen LogP contribution in [0.4, 0.5) is 0 Å². The van der Waals surface area contributed by atoms with Crippen LogP contribution in [0, 0.1) is 13.8 Å². The molecule has 3 aromatic rings. The molecular formula is C34H38N4O3. The third-order valence-electron chi connectivity index (χ3n) is 9.27. The molecule has 0 fully saturated rings. The molecule has 0 amide bonds. The number of aliphatic carboxylic acids is 1. The second-order valence-corrected chi connectivity index (χ2v) is 11.8. The van der Waals surface area contributed by atoms with Gasteiger partial charge in [-0.05, 0) is 98.4 Å². The van der Waals surface area contributed by atoms with Crippen LogP contribution in [-0.4, -0.2) is 36.8 Å². The lowest BCUT2D eigenvalue weighted by atomic mass is 9.95. The number of carboxylic acid groups (broad SMARTS) is 1. The van der Waals surface area contributed by atoms with Crippen LogP contribution in [0.25, 0.3) is 33.2 Å². The summed E-state index contributed by atoms with van der Waals surface area (Å²) in [6, 6.07) is 4.26. The fraction of sp³-hybridized carbons (Fsp3) is 0.412. The largest absolute Gasteiger partial charge is 0.481 e. The average Bonchev–Trinajstić information content (AvgIpc) is 3.69. The third-order valence-corrected chi connectivity index (χ3v) is 9.27. The highest BCUT2D eigenvalue weighted by Gasteiger charge is 2.31. The van der Waals surface area contributed by atoms with Crippen molar-refractivity contribution in [1.29, 1.82) is 0 Å². The normalized spacial score (nSPS) is 16.2. The van der Waals surface area contributed by atoms with Gasteiger partial charge in [0.05, 0.1) is 16.9 Å². The minimum absolute atomic E-state index is 0.108. The van der Waals surface area contributed by atoms with E-state index in [-0.39, 0.29) is 18.1 Å². The smallest absolute Gasteiger partial charge is 0.303 e. The number of aromatic amines is 2. The second kappa shape index (κ2) is 10.1. The number of Topliss-reactive ketones (excluding diaryl/α,β-unsaturated/α-hetero) is 1. The molecule has 0 saturated carbocycles. The topological polar surface area (TPSA) is 112 Å². The molecule has 5 heterocycles. The molecule has 3 aromatic heterocycles. The van der Waals surface area contributed by atoms with Crippen LogP contribution < -0.4 is 0 Å². The van der Waals surface area contributed by atoms with Crippen molar-refractivity contribution in [2.45, 2.75) is 92.4 Å². The minimum atomic E-state index is -0.790. The van der Waals surface area contributed by atoms with Crippen LogP contribution in [0.3, 0.4) is 0 Å². The molecule has 3 aliphatic rings. The van der Waals surface area contributed by atoms with E-state index in [0.29, 0.717) is 19.3 Å². The summed E-state index contributed by atoms with van der Waals surface area (Å²) in [5, 5.41) is 9.40. The van der Waals surface area contributed by atoms with Gasteiger partial charge in [-0.25, -0.2) is 4.98 Å². The average molecular weight is 551 g/mol. The van der Waals surface area contributed by atoms with Crippen molar-refractivity contribution in [3.63, 3.8) is 0 Å². The summed E-state index contributed by atoms with van der Waals surface area (Å²) in [7, 11) is 0. The molecule has 3 N–H and O–H groups in total. The Labute approximate surface area is 240 Å². The molecule has 0 aromatic carbocycles. The van der Waals surface area contributed by atoms with Crippen molar-refractivity contribution in [2.24, 2.45) is 0 Å². The van der Waals surface area contributed by atoms with Gasteiger partial charge in [-0.1, -0.05) is 20.8 Å². The van der Waals surface area contributed by atoms with Crippen molar-refractivity contribution >= 4 is 45.0 Å². The second-order valence-electron chi connectivity index (χ2n) is 11.8. The molecule has 0 saturated heterocycles. The first kappa shape index (κ1) is 27.2. The lowest BCUT2D eigenvalue weighted by molar-refractivity contribution is -0.137. The van der Waals surface area contributed by atoms with Gasteiger partial charge in [-0.3, -0.25) is 14.6 Å². The van der Waals surface area contributed by atoms with Gasteiger partial charge in [0.15, 0.2) is 5.78 Å². The Balaban J connectivity index is 1.78. The summed E-state index contributed by atoms with van der Waals surface area (Å²) in [5.74, 6) is -0.503. The predicted octanol–water partition coefficient (Wildman–Crippen LogP) is 7.33. The molecule has 0 radical (unpaired) electrons. The Morgan fingerprint density at radius 3 is 2.41 bits per heavy atom. The maximum Gasteiger partial charge on any atom is 0.303 e. The highest BCUT2D eigenvalue weighted by atomic mass is 16.4. The number of carboxylic acids is 1. The summed E-state index contributed by atoms with van der Waals surface area (Å²) >= 11 is 0. The number of fused-ring (bicyclic) bond motifs is 8. The van der Waals surface area contributed by atoms with Crippen molar-refractivity contribution in [3.8, 4) is 0 Å². The van der Waals surface area contributed by atoms with Gasteiger partial charge in [-0.15, -0.1) is 0 Å². The predicted molar refractivity (Wildman–Crippen MR) is 163 cm³/mol. The maximum absolute atomic E-state index is 13.3. The lowest BCUT2D eigenvalue weighted by Crippen LogP contribution is -2.01. The van der Waals surface area contributed by atoms with Crippen molar-refractivity contribution in [3.05, 3.63) is 68.3 Å². The lowest BCUT2D eigenvalue weighted by Gasteiger charge is -2.09. The molecule has 212 valence electrons. The van der Waals surface area contributed by atoms with Crippen molar-refractivity contribution in [2.75, 3.05) is 0 Å². The number of nitrogens with one attached hydrogen (secondary N) is 2. The molecule has 7 heteroatoms. The van der Waals surface area contributed by atoms with E-state index >= 15 is 0 Å². The molecule has 2 aliphatic heterocycles. The van der Waals surface area contributed by atoms with E-state index in [1.165, 1.54) is 16.7 Å². The van der Waals surface area contributed by atoms with E-state index in [2.05, 4.69) is 56.7 Å². The fourth-order valence-corrected chi connectivity index (χ4v) is 7.10. The van der Waals surface area contributed by atoms with Crippen LogP contribution >= 0.6 is 0 Å². The van der Waals surface area contributed by atoms with Crippen LogP contribution in [0.5, 0.6) is 0 Å². The van der Waals surface area contributed by atoms with Crippen LogP contribution in [0.2, 0.25) is 0 Å². The Morgan fingerprint density at radius 1 is 0.976 bits per heavy atom. The molecule has 8 bridgehead atoms. The molecule has 1 aliphatic carbocycles. The number of aryl methyl sites for hydroxylation is 4. The molecule has 41 heavy (non-hydrogen) atoms. The van der Waals surface area contributed by atoms with E-state index < -0.39 is 5.97 Å². The van der Waals surface area contributed by atoms with Crippen molar-refractivity contribution < 1.29 is 14.7 Å². The number of carbonyl (C=O) groups excluding carboxylic acids is 1. The Morgan fingerprint density at radius 2 is 1.71 bits per heavy atom. The highest BCUT2D eigenvalue weighted by Crippen LogP contribution is 2.39. The Kier molecular flexibility index (Phi) is 6.71. The molecule has 1 atom stereocenters. The van der Waals surface area contributed by atoms with Gasteiger partial charge in [0.2, 0.25) is 0 Å². The number of aromatic nitrogens is 4. The van der Waals surface area contributed by atoms with Gasteiger partial charge >= 0.3 is 5.97 Å². The van der Waals surface area contributed by atoms with E-state index in [9.17, 15) is 14.7 Å². The van der Waals surface area contributed by atoms with Gasteiger partial charge < -0.3 is 15.1 Å². The number of hydrogen-bond acceptors (Lipinski definition) is 4. The van der Waals surface area contributed by atoms with E-state index in [1.54, 1.807) is 0 Å². The SMILES string of the molecule is CCC1=C(C)c2cc3[nH]c(c(C)c3CC)c(CCCC(=O)O)c3nc(c4c5[nH]c(cc1n2)c(C)c5C(=O)C4)C[C@@H]3C. The van der Waals surface area contributed by atoms with Gasteiger partial charge in [0.1, 0.15) is 0 Å². The zero-order chi connectivity index (χ0) is 29.2. The molecule has 7 nitrogen and oxygen atoms in total. The van der Waals surface area contributed by atoms with Gasteiger partial charge in [0, 0.05) is 57.8 Å². The number of nitrogens with zero attached hydrogens (tertiary/aromatic N) is 2. The first-order chi connectivity index (χ1) is 19.6. The summed E-state index contributed by atoms with van der Waals surface area (Å²) < 4.78 is 0. The van der Waals surface area contributed by atoms with Crippen molar-refractivity contribution in [1.82, 2.24) is 19.9 Å². The zero-order valence-electron chi connectivity index (χ0n) is 24.8. The number of ketones is 1. The quantitative estimate of drug-likeness (QED) is 0.298. The third kappa shape index (κ3) is 4.33. The summed E-state index contributed by atoms with van der Waals surface area (Å²) in [6.45, 7) is 12.8. The zero-order valence-corrected chi connectivity index (χ0v) is 24.8. The van der Waals surface area contributed by atoms with Gasteiger partial charge in [0.25, 0.3) is 0 Å². The minimum Gasteiger partial charge on any atom is -0.481 e. The maximum atomic E-state index is 13.3. The Hall–Kier alpha value is -4.00. The van der Waals surface area contributed by atoms with Gasteiger partial charge in [-0.2, -0.15) is 0 Å². The summed E-state index contributed by atoms with van der Waals surface area (Å²) in [4.78, 5) is 42.4. The van der Waals surface area contributed by atoms with E-state index in [4.69, 9.17) is 9.97 Å². The van der Waals surface area contributed by atoms with E-state index in [0.717, 1.165) is 91.9 Å². The first-order valence-electron chi connectivity index (χ1n) is 14.8. The number of allylic oxidation sites excluding steroid dienone is 2. The number of carbonyl (C=O) groups is 2.